The summed E-state index contributed by atoms with van der Waals surface area (Å²) in [5.74, 6) is 1.14. The maximum atomic E-state index is 12.9. The quantitative estimate of drug-likeness (QED) is 0.849. The second-order valence-electron chi connectivity index (χ2n) is 7.63. The van der Waals surface area contributed by atoms with Crippen molar-refractivity contribution in [2.24, 2.45) is 0 Å². The van der Waals surface area contributed by atoms with Crippen LogP contribution in [0.5, 0.6) is 11.5 Å². The van der Waals surface area contributed by atoms with Crippen LogP contribution in [0.15, 0.2) is 36.4 Å². The first-order valence-corrected chi connectivity index (χ1v) is 10.0. The fraction of sp³-hybridized carbons (Fsp3) is 0.364. The van der Waals surface area contributed by atoms with Crippen LogP contribution in [-0.2, 0) is 0 Å². The summed E-state index contributed by atoms with van der Waals surface area (Å²) in [6, 6.07) is 10.6. The van der Waals surface area contributed by atoms with Gasteiger partial charge in [0.15, 0.2) is 11.5 Å². The molecule has 3 aliphatic rings. The predicted molar refractivity (Wildman–Crippen MR) is 109 cm³/mol. The Labute approximate surface area is 169 Å². The van der Waals surface area contributed by atoms with E-state index in [1.165, 1.54) is 0 Å². The minimum Gasteiger partial charge on any atom is -0.486 e. The summed E-state index contributed by atoms with van der Waals surface area (Å²) in [5, 5.41) is 2.91. The largest absolute Gasteiger partial charge is 0.486 e. The molecule has 3 heterocycles. The maximum absolute atomic E-state index is 12.9. The summed E-state index contributed by atoms with van der Waals surface area (Å²) >= 11 is 0. The Morgan fingerprint density at radius 3 is 2.76 bits per heavy atom. The lowest BCUT2D eigenvalue weighted by Crippen LogP contribution is -2.55. The first-order valence-electron chi connectivity index (χ1n) is 10.0. The Morgan fingerprint density at radius 1 is 1.07 bits per heavy atom. The van der Waals surface area contributed by atoms with Crippen molar-refractivity contribution in [3.8, 4) is 11.5 Å². The Kier molecular flexibility index (Phi) is 4.30. The van der Waals surface area contributed by atoms with E-state index < -0.39 is 0 Å². The second-order valence-corrected chi connectivity index (χ2v) is 7.63. The number of carbonyl (C=O) groups excluding carboxylic acids is 2. The molecule has 2 aromatic rings. The SMILES string of the molecule is CN1c2cc(C(=O)Nc3ccc4c(c3)OCCO4)ccc2C(=O)N2CCCCC21. The van der Waals surface area contributed by atoms with Gasteiger partial charge in [-0.25, -0.2) is 0 Å². The third-order valence-corrected chi connectivity index (χ3v) is 5.85. The van der Waals surface area contributed by atoms with E-state index in [4.69, 9.17) is 9.47 Å². The lowest BCUT2D eigenvalue weighted by Gasteiger charge is -2.46. The fourth-order valence-corrected chi connectivity index (χ4v) is 4.34. The number of anilines is 2. The molecule has 7 nitrogen and oxygen atoms in total. The van der Waals surface area contributed by atoms with Crippen molar-refractivity contribution in [3.63, 3.8) is 0 Å². The lowest BCUT2D eigenvalue weighted by atomic mass is 9.97. The van der Waals surface area contributed by atoms with Gasteiger partial charge in [0.1, 0.15) is 19.4 Å². The maximum Gasteiger partial charge on any atom is 0.257 e. The summed E-state index contributed by atoms with van der Waals surface area (Å²) in [7, 11) is 2.00. The van der Waals surface area contributed by atoms with E-state index in [0.717, 1.165) is 31.5 Å². The molecule has 150 valence electrons. The zero-order valence-electron chi connectivity index (χ0n) is 16.3. The Hall–Kier alpha value is -3.22. The molecule has 1 fully saturated rings. The zero-order valence-corrected chi connectivity index (χ0v) is 16.3. The third kappa shape index (κ3) is 3.06. The monoisotopic (exact) mass is 393 g/mol. The van der Waals surface area contributed by atoms with Crippen LogP contribution in [0.25, 0.3) is 0 Å². The summed E-state index contributed by atoms with van der Waals surface area (Å²) in [6.07, 6.45) is 3.18. The van der Waals surface area contributed by atoms with Gasteiger partial charge in [0.2, 0.25) is 0 Å². The number of piperidine rings is 1. The molecule has 1 N–H and O–H groups in total. The minimum atomic E-state index is -0.226. The Morgan fingerprint density at radius 2 is 1.90 bits per heavy atom. The molecule has 2 amide bonds. The predicted octanol–water partition coefficient (Wildman–Crippen LogP) is 3.11. The summed E-state index contributed by atoms with van der Waals surface area (Å²) < 4.78 is 11.1. The first kappa shape index (κ1) is 17.8. The molecule has 1 atom stereocenters. The number of amides is 2. The first-order chi connectivity index (χ1) is 14.1. The number of benzene rings is 2. The number of nitrogens with zero attached hydrogens (tertiary/aromatic N) is 2. The van der Waals surface area contributed by atoms with Gasteiger partial charge >= 0.3 is 0 Å². The van der Waals surface area contributed by atoms with Crippen molar-refractivity contribution in [3.05, 3.63) is 47.5 Å². The van der Waals surface area contributed by atoms with Gasteiger partial charge in [0.25, 0.3) is 11.8 Å². The number of ether oxygens (including phenoxy) is 2. The summed E-state index contributed by atoms with van der Waals surface area (Å²) in [4.78, 5) is 29.8. The normalized spacial score (nSPS) is 20.0. The Bertz CT molecular complexity index is 990. The van der Waals surface area contributed by atoms with Gasteiger partial charge in [-0.3, -0.25) is 9.59 Å². The number of hydrogen-bond acceptors (Lipinski definition) is 5. The molecule has 1 saturated heterocycles. The van der Waals surface area contributed by atoms with Crippen LogP contribution in [0.4, 0.5) is 11.4 Å². The average Bonchev–Trinajstić information content (AvgIpc) is 2.77. The van der Waals surface area contributed by atoms with Crippen molar-refractivity contribution >= 4 is 23.2 Å². The number of fused-ring (bicyclic) bond motifs is 3. The number of carbonyl (C=O) groups is 2. The zero-order chi connectivity index (χ0) is 20.0. The van der Waals surface area contributed by atoms with E-state index >= 15 is 0 Å². The van der Waals surface area contributed by atoms with E-state index in [1.807, 2.05) is 18.0 Å². The highest BCUT2D eigenvalue weighted by atomic mass is 16.6. The van der Waals surface area contributed by atoms with Gasteiger partial charge in [0.05, 0.1) is 11.3 Å². The van der Waals surface area contributed by atoms with Crippen molar-refractivity contribution in [2.45, 2.75) is 25.4 Å². The van der Waals surface area contributed by atoms with Gasteiger partial charge in [-0.1, -0.05) is 0 Å². The second kappa shape index (κ2) is 6.99. The summed E-state index contributed by atoms with van der Waals surface area (Å²) in [6.45, 7) is 1.81. The molecule has 0 spiro atoms. The minimum absolute atomic E-state index is 0.0570. The van der Waals surface area contributed by atoms with Crippen LogP contribution < -0.4 is 19.7 Å². The topological polar surface area (TPSA) is 71.1 Å². The van der Waals surface area contributed by atoms with Crippen LogP contribution in [0, 0.1) is 0 Å². The molecule has 29 heavy (non-hydrogen) atoms. The third-order valence-electron chi connectivity index (χ3n) is 5.85. The molecule has 0 saturated carbocycles. The van der Waals surface area contributed by atoms with Crippen LogP contribution in [0.3, 0.4) is 0 Å². The summed E-state index contributed by atoms with van der Waals surface area (Å²) in [5.41, 5.74) is 2.62. The standard InChI is InChI=1S/C22H23N3O4/c1-24-17-12-14(5-7-16(17)22(27)25-9-3-2-4-20(24)25)21(26)23-15-6-8-18-19(13-15)29-11-10-28-18/h5-8,12-13,20H,2-4,9-11H2,1H3,(H,23,26). The number of hydrogen-bond donors (Lipinski definition) is 1. The lowest BCUT2D eigenvalue weighted by molar-refractivity contribution is 0.0589. The van der Waals surface area contributed by atoms with Crippen LogP contribution in [0.1, 0.15) is 40.0 Å². The molecule has 0 radical (unpaired) electrons. The van der Waals surface area contributed by atoms with E-state index in [-0.39, 0.29) is 18.0 Å². The van der Waals surface area contributed by atoms with Gasteiger partial charge in [0, 0.05) is 30.9 Å². The van der Waals surface area contributed by atoms with E-state index in [1.54, 1.807) is 30.3 Å². The number of nitrogens with one attached hydrogen (secondary N) is 1. The van der Waals surface area contributed by atoms with Gasteiger partial charge in [-0.2, -0.15) is 0 Å². The molecule has 5 rings (SSSR count). The molecule has 7 heteroatoms. The Balaban J connectivity index is 1.40. The molecular formula is C22H23N3O4. The molecule has 0 aromatic heterocycles. The molecule has 0 aliphatic carbocycles. The highest BCUT2D eigenvalue weighted by Crippen LogP contribution is 2.35. The fourth-order valence-electron chi connectivity index (χ4n) is 4.34. The number of rotatable bonds is 2. The van der Waals surface area contributed by atoms with Gasteiger partial charge in [-0.05, 0) is 49.6 Å². The molecule has 3 aliphatic heterocycles. The average molecular weight is 393 g/mol. The molecule has 0 bridgehead atoms. The van der Waals surface area contributed by atoms with E-state index in [0.29, 0.717) is 41.5 Å². The van der Waals surface area contributed by atoms with E-state index in [2.05, 4.69) is 10.2 Å². The molecule has 1 unspecified atom stereocenters. The van der Waals surface area contributed by atoms with Crippen molar-refractivity contribution in [1.29, 1.82) is 0 Å². The van der Waals surface area contributed by atoms with Crippen molar-refractivity contribution in [1.82, 2.24) is 4.90 Å². The van der Waals surface area contributed by atoms with E-state index in [9.17, 15) is 9.59 Å². The van der Waals surface area contributed by atoms with Crippen molar-refractivity contribution < 1.29 is 19.1 Å². The smallest absolute Gasteiger partial charge is 0.257 e. The highest BCUT2D eigenvalue weighted by Gasteiger charge is 2.37. The van der Waals surface area contributed by atoms with Gasteiger partial charge in [-0.15, -0.1) is 0 Å². The van der Waals surface area contributed by atoms with Crippen LogP contribution in [0.2, 0.25) is 0 Å². The van der Waals surface area contributed by atoms with Crippen molar-refractivity contribution in [2.75, 3.05) is 37.0 Å². The van der Waals surface area contributed by atoms with Gasteiger partial charge < -0.3 is 24.6 Å². The molecule has 2 aromatic carbocycles. The highest BCUT2D eigenvalue weighted by molar-refractivity contribution is 6.08. The van der Waals surface area contributed by atoms with Crippen LogP contribution >= 0.6 is 0 Å². The van der Waals surface area contributed by atoms with Crippen LogP contribution in [-0.4, -0.2) is 49.7 Å². The molecular weight excluding hydrogens is 370 g/mol.